The minimum atomic E-state index is -2.71. The molecule has 0 aromatic rings. The van der Waals surface area contributed by atoms with Crippen molar-refractivity contribution in [3.63, 3.8) is 0 Å². The molecule has 2 N–H and O–H groups in total. The van der Waals surface area contributed by atoms with E-state index < -0.39 is 9.84 Å². The summed E-state index contributed by atoms with van der Waals surface area (Å²) in [6, 6.07) is 1.000. The van der Waals surface area contributed by atoms with Crippen LogP contribution in [0, 0.1) is 0 Å². The van der Waals surface area contributed by atoms with Gasteiger partial charge in [-0.15, -0.1) is 0 Å². The fraction of sp³-hybridized carbons (Fsp3) is 1.00. The minimum absolute atomic E-state index is 0.364. The van der Waals surface area contributed by atoms with E-state index in [1.54, 1.807) is 0 Å². The van der Waals surface area contributed by atoms with Gasteiger partial charge in [-0.2, -0.15) is 0 Å². The molecule has 94 valence electrons. The van der Waals surface area contributed by atoms with Crippen molar-refractivity contribution in [2.24, 2.45) is 0 Å². The molecule has 4 nitrogen and oxygen atoms in total. The van der Waals surface area contributed by atoms with E-state index in [4.69, 9.17) is 0 Å². The van der Waals surface area contributed by atoms with Crippen LogP contribution < -0.4 is 10.6 Å². The number of sulfone groups is 1. The first-order valence-corrected chi connectivity index (χ1v) is 8.15. The fourth-order valence-electron chi connectivity index (χ4n) is 2.50. The predicted molar refractivity (Wildman–Crippen MR) is 65.3 cm³/mol. The highest BCUT2D eigenvalue weighted by molar-refractivity contribution is 7.91. The molecule has 1 atom stereocenters. The van der Waals surface area contributed by atoms with E-state index in [2.05, 4.69) is 10.6 Å². The van der Waals surface area contributed by atoms with Crippen LogP contribution in [0.25, 0.3) is 0 Å². The molecule has 0 amide bonds. The van der Waals surface area contributed by atoms with Crippen LogP contribution in [0.4, 0.5) is 0 Å². The third kappa shape index (κ3) is 3.71. The fourth-order valence-corrected chi connectivity index (χ4v) is 3.99. The molecule has 0 radical (unpaired) electrons. The summed E-state index contributed by atoms with van der Waals surface area (Å²) in [7, 11) is -2.71. The van der Waals surface area contributed by atoms with E-state index in [0.717, 1.165) is 25.9 Å². The molecule has 2 heterocycles. The van der Waals surface area contributed by atoms with Crippen LogP contribution in [0.2, 0.25) is 0 Å². The Morgan fingerprint density at radius 3 is 2.50 bits per heavy atom. The van der Waals surface area contributed by atoms with Gasteiger partial charge in [-0.25, -0.2) is 8.42 Å². The smallest absolute Gasteiger partial charge is 0.150 e. The van der Waals surface area contributed by atoms with Crippen LogP contribution in [0.1, 0.15) is 32.1 Å². The third-order valence-electron chi connectivity index (χ3n) is 3.62. The highest BCUT2D eigenvalue weighted by Gasteiger charge is 2.23. The van der Waals surface area contributed by atoms with Crippen LogP contribution in [0.15, 0.2) is 0 Å². The van der Waals surface area contributed by atoms with Crippen LogP contribution in [0.5, 0.6) is 0 Å². The lowest BCUT2D eigenvalue weighted by atomic mass is 10.0. The van der Waals surface area contributed by atoms with Crippen molar-refractivity contribution in [3.05, 3.63) is 0 Å². The van der Waals surface area contributed by atoms with Gasteiger partial charge >= 0.3 is 0 Å². The Morgan fingerprint density at radius 2 is 1.88 bits per heavy atom. The summed E-state index contributed by atoms with van der Waals surface area (Å²) in [5, 5.41) is 7.00. The summed E-state index contributed by atoms with van der Waals surface area (Å²) in [5.41, 5.74) is 0. The number of hydrogen-bond donors (Lipinski definition) is 2. The maximum atomic E-state index is 11.3. The summed E-state index contributed by atoms with van der Waals surface area (Å²) >= 11 is 0. The largest absolute Gasteiger partial charge is 0.313 e. The molecule has 0 aromatic heterocycles. The first-order chi connectivity index (χ1) is 7.66. The van der Waals surface area contributed by atoms with E-state index in [1.807, 2.05) is 0 Å². The molecule has 5 heteroatoms. The summed E-state index contributed by atoms with van der Waals surface area (Å²) in [5.74, 6) is 0.728. The van der Waals surface area contributed by atoms with Crippen LogP contribution in [-0.4, -0.2) is 45.1 Å². The first kappa shape index (κ1) is 12.3. The van der Waals surface area contributed by atoms with Crippen LogP contribution >= 0.6 is 0 Å². The van der Waals surface area contributed by atoms with Crippen molar-refractivity contribution in [1.29, 1.82) is 0 Å². The highest BCUT2D eigenvalue weighted by atomic mass is 32.2. The summed E-state index contributed by atoms with van der Waals surface area (Å²) < 4.78 is 22.5. The van der Waals surface area contributed by atoms with Crippen LogP contribution in [0.3, 0.4) is 0 Å². The topological polar surface area (TPSA) is 58.2 Å². The number of piperidine rings is 1. The Bertz CT molecular complexity index is 296. The third-order valence-corrected chi connectivity index (χ3v) is 5.34. The molecule has 16 heavy (non-hydrogen) atoms. The van der Waals surface area contributed by atoms with Gasteiger partial charge in [0.15, 0.2) is 0 Å². The Balaban J connectivity index is 1.67. The lowest BCUT2D eigenvalue weighted by Crippen LogP contribution is -2.46. The van der Waals surface area contributed by atoms with E-state index in [0.29, 0.717) is 23.6 Å². The maximum Gasteiger partial charge on any atom is 0.150 e. The van der Waals surface area contributed by atoms with Crippen LogP contribution in [-0.2, 0) is 9.84 Å². The van der Waals surface area contributed by atoms with E-state index in [1.165, 1.54) is 19.3 Å². The molecule has 1 unspecified atom stereocenters. The number of rotatable bonds is 3. The summed E-state index contributed by atoms with van der Waals surface area (Å²) in [6.07, 6.45) is 5.43. The second kappa shape index (κ2) is 5.47. The molecule has 2 rings (SSSR count). The van der Waals surface area contributed by atoms with Crippen molar-refractivity contribution in [3.8, 4) is 0 Å². The molecule has 0 aromatic carbocycles. The van der Waals surface area contributed by atoms with Crippen molar-refractivity contribution in [2.45, 2.75) is 44.2 Å². The summed E-state index contributed by atoms with van der Waals surface area (Å²) in [4.78, 5) is 0. The van der Waals surface area contributed by atoms with Gasteiger partial charge in [-0.3, -0.25) is 0 Å². The van der Waals surface area contributed by atoms with Gasteiger partial charge < -0.3 is 10.6 Å². The standard InChI is InChI=1S/C11H22N2O2S/c14-16(15)7-4-10(5-8-16)13-9-11-3-1-2-6-12-11/h10-13H,1-9H2. The average Bonchev–Trinajstić information content (AvgIpc) is 2.29. The maximum absolute atomic E-state index is 11.3. The monoisotopic (exact) mass is 246 g/mol. The zero-order valence-corrected chi connectivity index (χ0v) is 10.6. The number of hydrogen-bond acceptors (Lipinski definition) is 4. The van der Waals surface area contributed by atoms with Gasteiger partial charge in [0.25, 0.3) is 0 Å². The van der Waals surface area contributed by atoms with Crippen molar-refractivity contribution >= 4 is 9.84 Å². The molecular weight excluding hydrogens is 224 g/mol. The van der Waals surface area contributed by atoms with Crippen molar-refractivity contribution in [1.82, 2.24) is 10.6 Å². The molecular formula is C11H22N2O2S. The first-order valence-electron chi connectivity index (χ1n) is 6.33. The molecule has 2 saturated heterocycles. The molecule has 2 aliphatic rings. The average molecular weight is 246 g/mol. The second-order valence-corrected chi connectivity index (χ2v) is 7.28. The zero-order chi connectivity index (χ0) is 11.4. The van der Waals surface area contributed by atoms with Gasteiger partial charge in [0.2, 0.25) is 0 Å². The molecule has 2 fully saturated rings. The van der Waals surface area contributed by atoms with E-state index in [-0.39, 0.29) is 0 Å². The molecule has 0 bridgehead atoms. The van der Waals surface area contributed by atoms with E-state index >= 15 is 0 Å². The summed E-state index contributed by atoms with van der Waals surface area (Å²) in [6.45, 7) is 2.12. The molecule has 0 saturated carbocycles. The molecule has 2 aliphatic heterocycles. The Morgan fingerprint density at radius 1 is 1.12 bits per heavy atom. The SMILES string of the molecule is O=S1(=O)CCC(NCC2CCCCN2)CC1. The van der Waals surface area contributed by atoms with Gasteiger partial charge in [0.1, 0.15) is 9.84 Å². The Kier molecular flexibility index (Phi) is 4.21. The highest BCUT2D eigenvalue weighted by Crippen LogP contribution is 2.13. The molecule has 0 aliphatic carbocycles. The van der Waals surface area contributed by atoms with Gasteiger partial charge in [-0.05, 0) is 32.2 Å². The zero-order valence-electron chi connectivity index (χ0n) is 9.74. The van der Waals surface area contributed by atoms with Gasteiger partial charge in [0, 0.05) is 18.6 Å². The van der Waals surface area contributed by atoms with Gasteiger partial charge in [0.05, 0.1) is 11.5 Å². The van der Waals surface area contributed by atoms with E-state index in [9.17, 15) is 8.42 Å². The normalized spacial score (nSPS) is 31.4. The van der Waals surface area contributed by atoms with Crippen molar-refractivity contribution in [2.75, 3.05) is 24.6 Å². The lowest BCUT2D eigenvalue weighted by Gasteiger charge is -2.28. The Labute approximate surface area is 98.1 Å². The van der Waals surface area contributed by atoms with Crippen molar-refractivity contribution < 1.29 is 8.42 Å². The predicted octanol–water partition coefficient (Wildman–Crippen LogP) is 0.295. The minimum Gasteiger partial charge on any atom is -0.313 e. The second-order valence-electron chi connectivity index (χ2n) is 4.98. The molecule has 0 spiro atoms. The lowest BCUT2D eigenvalue weighted by molar-refractivity contribution is 0.356. The number of nitrogens with one attached hydrogen (secondary N) is 2. The van der Waals surface area contributed by atoms with Gasteiger partial charge in [-0.1, -0.05) is 6.42 Å². The quantitative estimate of drug-likeness (QED) is 0.752. The Hall–Kier alpha value is -0.130.